The van der Waals surface area contributed by atoms with Crippen LogP contribution in [-0.2, 0) is 27.5 Å². The summed E-state index contributed by atoms with van der Waals surface area (Å²) in [5.41, 5.74) is -0.133. The fourth-order valence-corrected chi connectivity index (χ4v) is 4.04. The van der Waals surface area contributed by atoms with Gasteiger partial charge in [-0.1, -0.05) is 12.1 Å². The second-order valence-corrected chi connectivity index (χ2v) is 10.7. The number of rotatable bonds is 5. The number of nitrogens with one attached hydrogen (secondary N) is 2. The van der Waals surface area contributed by atoms with Gasteiger partial charge in [0.1, 0.15) is 0 Å². The number of sulfonamides is 1. The highest BCUT2D eigenvalue weighted by molar-refractivity contribution is 7.90. The van der Waals surface area contributed by atoms with Crippen LogP contribution < -0.4 is 10.0 Å². The van der Waals surface area contributed by atoms with Crippen LogP contribution in [0.5, 0.6) is 0 Å². The SMILES string of the molecule is CC(C)(C)S(=O)(=O)NC1CCC(C(=O)NCc2ccc(C(F)(F)F)cc2)CC1. The summed E-state index contributed by atoms with van der Waals surface area (Å²) in [4.78, 5) is 12.3. The maximum Gasteiger partial charge on any atom is 0.416 e. The van der Waals surface area contributed by atoms with Crippen molar-refractivity contribution < 1.29 is 26.4 Å². The van der Waals surface area contributed by atoms with Crippen molar-refractivity contribution in [2.75, 3.05) is 0 Å². The summed E-state index contributed by atoms with van der Waals surface area (Å²) in [5.74, 6) is -0.373. The molecule has 0 saturated heterocycles. The lowest BCUT2D eigenvalue weighted by molar-refractivity contribution is -0.137. The van der Waals surface area contributed by atoms with Crippen molar-refractivity contribution in [3.63, 3.8) is 0 Å². The molecule has 0 spiro atoms. The van der Waals surface area contributed by atoms with E-state index >= 15 is 0 Å². The molecule has 1 aromatic carbocycles. The largest absolute Gasteiger partial charge is 0.416 e. The van der Waals surface area contributed by atoms with E-state index in [1.165, 1.54) is 12.1 Å². The Morgan fingerprint density at radius 2 is 1.57 bits per heavy atom. The third-order valence-electron chi connectivity index (χ3n) is 4.97. The van der Waals surface area contributed by atoms with E-state index in [1.54, 1.807) is 20.8 Å². The fourth-order valence-electron chi connectivity index (χ4n) is 3.01. The lowest BCUT2D eigenvalue weighted by Crippen LogP contribution is -2.46. The maximum absolute atomic E-state index is 12.6. The molecule has 2 rings (SSSR count). The Balaban J connectivity index is 1.81. The van der Waals surface area contributed by atoms with Gasteiger partial charge in [-0.25, -0.2) is 13.1 Å². The van der Waals surface area contributed by atoms with E-state index in [9.17, 15) is 26.4 Å². The molecule has 1 aromatic rings. The van der Waals surface area contributed by atoms with Gasteiger partial charge in [0.05, 0.1) is 10.3 Å². The third kappa shape index (κ3) is 5.94. The lowest BCUT2D eigenvalue weighted by atomic mass is 9.86. The molecule has 158 valence electrons. The molecule has 1 aliphatic carbocycles. The van der Waals surface area contributed by atoms with Crippen LogP contribution in [0.25, 0.3) is 0 Å². The summed E-state index contributed by atoms with van der Waals surface area (Å²) < 4.78 is 64.0. The molecule has 1 aliphatic rings. The van der Waals surface area contributed by atoms with Gasteiger partial charge in [-0.2, -0.15) is 13.2 Å². The molecule has 0 aromatic heterocycles. The number of carbonyl (C=O) groups excluding carboxylic acids is 1. The molecule has 0 unspecified atom stereocenters. The summed E-state index contributed by atoms with van der Waals surface area (Å²) in [6.45, 7) is 5.06. The average Bonchev–Trinajstić information content (AvgIpc) is 2.58. The van der Waals surface area contributed by atoms with Crippen molar-refractivity contribution in [2.45, 2.75) is 70.0 Å². The van der Waals surface area contributed by atoms with Gasteiger partial charge in [0.15, 0.2) is 0 Å². The van der Waals surface area contributed by atoms with Gasteiger partial charge >= 0.3 is 6.18 Å². The van der Waals surface area contributed by atoms with Crippen LogP contribution in [0.3, 0.4) is 0 Å². The molecule has 0 atom stereocenters. The highest BCUT2D eigenvalue weighted by atomic mass is 32.2. The van der Waals surface area contributed by atoms with Crippen molar-refractivity contribution >= 4 is 15.9 Å². The smallest absolute Gasteiger partial charge is 0.352 e. The van der Waals surface area contributed by atoms with Crippen LogP contribution in [0.2, 0.25) is 0 Å². The van der Waals surface area contributed by atoms with Gasteiger partial charge in [-0.3, -0.25) is 4.79 Å². The Morgan fingerprint density at radius 3 is 2.04 bits per heavy atom. The van der Waals surface area contributed by atoms with E-state index < -0.39 is 26.5 Å². The number of hydrogen-bond acceptors (Lipinski definition) is 3. The molecule has 0 radical (unpaired) electrons. The monoisotopic (exact) mass is 420 g/mol. The van der Waals surface area contributed by atoms with Crippen LogP contribution in [0, 0.1) is 5.92 Å². The molecule has 1 fully saturated rings. The molecular formula is C19H27F3N2O3S. The molecule has 0 heterocycles. The van der Waals surface area contributed by atoms with Crippen molar-refractivity contribution in [1.29, 1.82) is 0 Å². The quantitative estimate of drug-likeness (QED) is 0.764. The van der Waals surface area contributed by atoms with Crippen molar-refractivity contribution in [3.8, 4) is 0 Å². The second-order valence-electron chi connectivity index (χ2n) is 8.19. The van der Waals surface area contributed by atoms with E-state index in [2.05, 4.69) is 10.0 Å². The fraction of sp³-hybridized carbons (Fsp3) is 0.632. The highest BCUT2D eigenvalue weighted by Crippen LogP contribution is 2.29. The van der Waals surface area contributed by atoms with E-state index in [1.807, 2.05) is 0 Å². The number of carbonyl (C=O) groups is 1. The number of benzene rings is 1. The molecule has 2 N–H and O–H groups in total. The van der Waals surface area contributed by atoms with Crippen LogP contribution in [0.4, 0.5) is 13.2 Å². The molecular weight excluding hydrogens is 393 g/mol. The van der Waals surface area contributed by atoms with Crippen LogP contribution in [-0.4, -0.2) is 25.1 Å². The first kappa shape index (κ1) is 22.7. The summed E-state index contributed by atoms with van der Waals surface area (Å²) >= 11 is 0. The molecule has 28 heavy (non-hydrogen) atoms. The van der Waals surface area contributed by atoms with Gasteiger partial charge < -0.3 is 5.32 Å². The zero-order valence-electron chi connectivity index (χ0n) is 16.3. The van der Waals surface area contributed by atoms with E-state index in [-0.39, 0.29) is 24.4 Å². The minimum absolute atomic E-state index is 0.156. The van der Waals surface area contributed by atoms with Crippen LogP contribution in [0.1, 0.15) is 57.6 Å². The van der Waals surface area contributed by atoms with Crippen molar-refractivity contribution in [1.82, 2.24) is 10.0 Å². The summed E-state index contributed by atoms with van der Waals surface area (Å²) in [6.07, 6.45) is -2.09. The first-order valence-electron chi connectivity index (χ1n) is 9.25. The molecule has 1 amide bonds. The minimum Gasteiger partial charge on any atom is -0.352 e. The topological polar surface area (TPSA) is 75.3 Å². The number of alkyl halides is 3. The molecule has 5 nitrogen and oxygen atoms in total. The van der Waals surface area contributed by atoms with Gasteiger partial charge in [0.25, 0.3) is 0 Å². The van der Waals surface area contributed by atoms with Crippen molar-refractivity contribution in [2.24, 2.45) is 5.92 Å². The predicted octanol–water partition coefficient (Wildman–Crippen LogP) is 3.60. The average molecular weight is 420 g/mol. The molecule has 0 aliphatic heterocycles. The van der Waals surface area contributed by atoms with E-state index in [0.29, 0.717) is 31.2 Å². The zero-order valence-corrected chi connectivity index (χ0v) is 17.1. The highest BCUT2D eigenvalue weighted by Gasteiger charge is 2.34. The Labute approximate surface area is 164 Å². The summed E-state index contributed by atoms with van der Waals surface area (Å²) in [7, 11) is -3.43. The third-order valence-corrected chi connectivity index (χ3v) is 7.23. The van der Waals surface area contributed by atoms with Crippen LogP contribution >= 0.6 is 0 Å². The maximum atomic E-state index is 12.6. The Kier molecular flexibility index (Phi) is 6.81. The molecule has 0 bridgehead atoms. The first-order valence-corrected chi connectivity index (χ1v) is 10.7. The van der Waals surface area contributed by atoms with Crippen molar-refractivity contribution in [3.05, 3.63) is 35.4 Å². The Morgan fingerprint density at radius 1 is 1.04 bits per heavy atom. The second kappa shape index (κ2) is 8.41. The van der Waals surface area contributed by atoms with E-state index in [0.717, 1.165) is 12.1 Å². The van der Waals surface area contributed by atoms with Gasteiger partial charge in [-0.05, 0) is 64.2 Å². The molecule has 1 saturated carbocycles. The van der Waals surface area contributed by atoms with E-state index in [4.69, 9.17) is 0 Å². The number of hydrogen-bond donors (Lipinski definition) is 2. The predicted molar refractivity (Wildman–Crippen MR) is 101 cm³/mol. The Hall–Kier alpha value is -1.61. The zero-order chi connectivity index (χ0) is 21.2. The Bertz CT molecular complexity index is 776. The lowest BCUT2D eigenvalue weighted by Gasteiger charge is -2.30. The minimum atomic E-state index is -4.38. The molecule has 9 heteroatoms. The summed E-state index contributed by atoms with van der Waals surface area (Å²) in [5, 5.41) is 2.76. The number of halogens is 3. The summed E-state index contributed by atoms with van der Waals surface area (Å²) in [6, 6.07) is 4.51. The van der Waals surface area contributed by atoms with Gasteiger partial charge in [0, 0.05) is 18.5 Å². The van der Waals surface area contributed by atoms with Crippen LogP contribution in [0.15, 0.2) is 24.3 Å². The first-order chi connectivity index (χ1) is 12.8. The number of amides is 1. The standard InChI is InChI=1S/C19H27F3N2O3S/c1-18(2,3)28(26,27)24-16-10-6-14(7-11-16)17(25)23-12-13-4-8-15(9-5-13)19(20,21)22/h4-5,8-9,14,16,24H,6-7,10-12H2,1-3H3,(H,23,25). The van der Waals surface area contributed by atoms with Gasteiger partial charge in [0.2, 0.25) is 15.9 Å². The normalized spacial score (nSPS) is 21.4. The van der Waals surface area contributed by atoms with Gasteiger partial charge in [-0.15, -0.1) is 0 Å².